The van der Waals surface area contributed by atoms with E-state index in [1.807, 2.05) is 19.2 Å². The lowest BCUT2D eigenvalue weighted by molar-refractivity contribution is 0.172. The maximum Gasteiger partial charge on any atom is 0.323 e. The van der Waals surface area contributed by atoms with Crippen LogP contribution in [0.2, 0.25) is 0 Å². The molecule has 0 aliphatic carbocycles. The number of aromatic nitrogens is 1. The summed E-state index contributed by atoms with van der Waals surface area (Å²) in [6.45, 7) is 5.13. The van der Waals surface area contributed by atoms with Gasteiger partial charge in [0.25, 0.3) is 0 Å². The van der Waals surface area contributed by atoms with Crippen molar-refractivity contribution in [2.45, 2.75) is 36.3 Å². The average Bonchev–Trinajstić information content (AvgIpc) is 3.14. The minimum atomic E-state index is -1.32. The highest BCUT2D eigenvalue weighted by molar-refractivity contribution is 7.86. The van der Waals surface area contributed by atoms with E-state index < -0.39 is 15.5 Å². The maximum atomic E-state index is 13.5. The zero-order valence-electron chi connectivity index (χ0n) is 14.8. The van der Waals surface area contributed by atoms with Crippen molar-refractivity contribution in [3.05, 3.63) is 41.7 Å². The number of carbonyl (C=O) groups excluding carboxylic acids is 1. The number of nitrogens with one attached hydrogen (secondary N) is 1. The van der Waals surface area contributed by atoms with Crippen LogP contribution in [0.1, 0.15) is 26.7 Å². The number of anilines is 1. The third-order valence-electron chi connectivity index (χ3n) is 4.90. The van der Waals surface area contributed by atoms with Gasteiger partial charge >= 0.3 is 6.03 Å². The van der Waals surface area contributed by atoms with Crippen LogP contribution in [-0.2, 0) is 10.8 Å². The Morgan fingerprint density at radius 3 is 2.73 bits per heavy atom. The van der Waals surface area contributed by atoms with E-state index in [1.165, 1.54) is 23.5 Å². The third-order valence-corrected chi connectivity index (χ3v) is 7.56. The fourth-order valence-corrected chi connectivity index (χ4v) is 5.36. The standard InChI is InChI=1S/C18H22FN3O2S2/c1-18(2,26(24)15-5-3-4-14(19)12-15)13-6-9-22(10-7-13)17(23)21-16-20-8-11-25-16/h3-5,8,11-13H,6-7,9-10H2,1-2H3,(H,20,21,23). The molecule has 1 N–H and O–H groups in total. The summed E-state index contributed by atoms with van der Waals surface area (Å²) in [5.74, 6) is -0.184. The quantitative estimate of drug-likeness (QED) is 0.847. The van der Waals surface area contributed by atoms with Crippen LogP contribution in [0.5, 0.6) is 0 Å². The Morgan fingerprint density at radius 1 is 1.38 bits per heavy atom. The Labute approximate surface area is 159 Å². The van der Waals surface area contributed by atoms with Gasteiger partial charge in [-0.2, -0.15) is 0 Å². The molecule has 2 heterocycles. The molecule has 8 heteroatoms. The number of piperidine rings is 1. The van der Waals surface area contributed by atoms with E-state index in [9.17, 15) is 13.4 Å². The molecular weight excluding hydrogens is 373 g/mol. The number of nitrogens with zero attached hydrogens (tertiary/aromatic N) is 2. The predicted octanol–water partition coefficient (Wildman–Crippen LogP) is 4.11. The maximum absolute atomic E-state index is 13.5. The molecular formula is C18H22FN3O2S2. The van der Waals surface area contributed by atoms with Gasteiger partial charge in [-0.15, -0.1) is 11.3 Å². The van der Waals surface area contributed by atoms with Crippen molar-refractivity contribution in [2.75, 3.05) is 18.4 Å². The van der Waals surface area contributed by atoms with Gasteiger partial charge in [0.1, 0.15) is 5.82 Å². The molecule has 1 saturated heterocycles. The Hall–Kier alpha value is -1.80. The minimum Gasteiger partial charge on any atom is -0.324 e. The number of urea groups is 1. The van der Waals surface area contributed by atoms with E-state index in [0.717, 1.165) is 12.8 Å². The van der Waals surface area contributed by atoms with Gasteiger partial charge in [0.2, 0.25) is 0 Å². The summed E-state index contributed by atoms with van der Waals surface area (Å²) < 4.78 is 26.0. The van der Waals surface area contributed by atoms with Crippen LogP contribution in [0.15, 0.2) is 40.7 Å². The predicted molar refractivity (Wildman–Crippen MR) is 102 cm³/mol. The van der Waals surface area contributed by atoms with E-state index >= 15 is 0 Å². The average molecular weight is 396 g/mol. The first-order valence-electron chi connectivity index (χ1n) is 8.51. The number of amides is 2. The van der Waals surface area contributed by atoms with Gasteiger partial charge in [-0.3, -0.25) is 9.53 Å². The van der Waals surface area contributed by atoms with E-state index in [0.29, 0.717) is 23.1 Å². The molecule has 2 aromatic rings. The van der Waals surface area contributed by atoms with Crippen LogP contribution in [-0.4, -0.2) is 38.0 Å². The first-order chi connectivity index (χ1) is 12.4. The highest BCUT2D eigenvalue weighted by Crippen LogP contribution is 2.35. The van der Waals surface area contributed by atoms with Crippen molar-refractivity contribution in [2.24, 2.45) is 5.92 Å². The molecule has 3 rings (SSSR count). The van der Waals surface area contributed by atoms with Crippen LogP contribution < -0.4 is 5.32 Å². The number of hydrogen-bond donors (Lipinski definition) is 1. The fourth-order valence-electron chi connectivity index (χ4n) is 3.27. The molecule has 0 spiro atoms. The number of benzene rings is 1. The minimum absolute atomic E-state index is 0.151. The molecule has 1 aliphatic rings. The van der Waals surface area contributed by atoms with Crippen molar-refractivity contribution < 1.29 is 13.4 Å². The molecule has 1 fully saturated rings. The largest absolute Gasteiger partial charge is 0.324 e. The van der Waals surface area contributed by atoms with E-state index in [-0.39, 0.29) is 17.8 Å². The first-order valence-corrected chi connectivity index (χ1v) is 10.5. The summed E-state index contributed by atoms with van der Waals surface area (Å²) in [7, 11) is -1.32. The summed E-state index contributed by atoms with van der Waals surface area (Å²) >= 11 is 1.38. The zero-order valence-corrected chi connectivity index (χ0v) is 16.4. The van der Waals surface area contributed by atoms with Crippen LogP contribution >= 0.6 is 11.3 Å². The lowest BCUT2D eigenvalue weighted by Gasteiger charge is -2.39. The van der Waals surface area contributed by atoms with Gasteiger partial charge in [-0.05, 0) is 50.8 Å². The molecule has 140 valence electrons. The molecule has 2 amide bonds. The van der Waals surface area contributed by atoms with Gasteiger partial charge in [-0.25, -0.2) is 14.2 Å². The number of hydrogen-bond acceptors (Lipinski definition) is 4. The zero-order chi connectivity index (χ0) is 18.7. The fraction of sp³-hybridized carbons (Fsp3) is 0.444. The van der Waals surface area contributed by atoms with Gasteiger partial charge in [0.05, 0.1) is 10.8 Å². The van der Waals surface area contributed by atoms with Gasteiger partial charge in [-0.1, -0.05) is 6.07 Å². The van der Waals surface area contributed by atoms with Crippen LogP contribution in [0.3, 0.4) is 0 Å². The van der Waals surface area contributed by atoms with E-state index in [4.69, 9.17) is 0 Å². The van der Waals surface area contributed by atoms with Crippen molar-refractivity contribution >= 4 is 33.3 Å². The molecule has 1 aromatic carbocycles. The molecule has 0 saturated carbocycles. The van der Waals surface area contributed by atoms with E-state index in [2.05, 4.69) is 10.3 Å². The van der Waals surface area contributed by atoms with Crippen molar-refractivity contribution in [1.82, 2.24) is 9.88 Å². The summed E-state index contributed by atoms with van der Waals surface area (Å²) in [5, 5.41) is 5.19. The van der Waals surface area contributed by atoms with Gasteiger partial charge in [0.15, 0.2) is 5.13 Å². The Bertz CT molecular complexity index is 787. The summed E-state index contributed by atoms with van der Waals surface area (Å²) in [5.41, 5.74) is 0. The van der Waals surface area contributed by atoms with Crippen molar-refractivity contribution in [3.63, 3.8) is 0 Å². The summed E-state index contributed by atoms with van der Waals surface area (Å²) in [6.07, 6.45) is 3.18. The normalized spacial score (nSPS) is 17.1. The van der Waals surface area contributed by atoms with Crippen LogP contribution in [0.4, 0.5) is 14.3 Å². The monoisotopic (exact) mass is 395 g/mol. The molecule has 1 aliphatic heterocycles. The van der Waals surface area contributed by atoms with E-state index in [1.54, 1.807) is 23.2 Å². The molecule has 0 radical (unpaired) electrons. The molecule has 1 unspecified atom stereocenters. The number of halogens is 1. The van der Waals surface area contributed by atoms with Crippen LogP contribution in [0.25, 0.3) is 0 Å². The molecule has 5 nitrogen and oxygen atoms in total. The molecule has 1 aromatic heterocycles. The van der Waals surface area contributed by atoms with Gasteiger partial charge in [0, 0.05) is 34.3 Å². The summed E-state index contributed by atoms with van der Waals surface area (Å²) in [4.78, 5) is 18.6. The Morgan fingerprint density at radius 2 is 2.12 bits per heavy atom. The topological polar surface area (TPSA) is 62.3 Å². The number of rotatable bonds is 4. The summed E-state index contributed by atoms with van der Waals surface area (Å²) in [6, 6.07) is 5.84. The van der Waals surface area contributed by atoms with Gasteiger partial charge < -0.3 is 4.90 Å². The number of likely N-dealkylation sites (tertiary alicyclic amines) is 1. The van der Waals surface area contributed by atoms with Crippen molar-refractivity contribution in [1.29, 1.82) is 0 Å². The number of carbonyl (C=O) groups is 1. The number of thiazole rings is 1. The second kappa shape index (κ2) is 7.84. The molecule has 0 bridgehead atoms. The smallest absolute Gasteiger partial charge is 0.323 e. The lowest BCUT2D eigenvalue weighted by atomic mass is 9.86. The molecule has 1 atom stereocenters. The second-order valence-corrected chi connectivity index (χ2v) is 9.81. The molecule has 26 heavy (non-hydrogen) atoms. The van der Waals surface area contributed by atoms with Crippen LogP contribution in [0, 0.1) is 11.7 Å². The highest BCUT2D eigenvalue weighted by Gasteiger charge is 2.39. The highest BCUT2D eigenvalue weighted by atomic mass is 32.2. The first kappa shape index (κ1) is 19.0. The second-order valence-electron chi connectivity index (χ2n) is 6.86. The Balaban J connectivity index is 1.61. The Kier molecular flexibility index (Phi) is 5.72. The SMILES string of the molecule is CC(C)(C1CCN(C(=O)Nc2nccs2)CC1)S(=O)c1cccc(F)c1. The third kappa shape index (κ3) is 4.12. The van der Waals surface area contributed by atoms with Crippen molar-refractivity contribution in [3.8, 4) is 0 Å². The lowest BCUT2D eigenvalue weighted by Crippen LogP contribution is -2.47.